The normalized spacial score (nSPS) is 11.2. The molecular weight excluding hydrogens is 398 g/mol. The summed E-state index contributed by atoms with van der Waals surface area (Å²) in [6.07, 6.45) is 2.39. The molecule has 29 heavy (non-hydrogen) atoms. The summed E-state index contributed by atoms with van der Waals surface area (Å²) in [6, 6.07) is 11.7. The highest BCUT2D eigenvalue weighted by Crippen LogP contribution is 2.30. The van der Waals surface area contributed by atoms with Gasteiger partial charge < -0.3 is 14.2 Å². The fourth-order valence-corrected chi connectivity index (χ4v) is 3.43. The van der Waals surface area contributed by atoms with Crippen LogP contribution in [0.2, 0.25) is 0 Å². The Morgan fingerprint density at radius 1 is 1.03 bits per heavy atom. The third-order valence-corrected chi connectivity index (χ3v) is 4.99. The molecule has 1 N–H and O–H groups in total. The number of hydrazone groups is 1. The molecule has 0 unspecified atom stereocenters. The zero-order chi connectivity index (χ0) is 21.4. The number of hydrogen-bond donors (Lipinski definition) is 1. The summed E-state index contributed by atoms with van der Waals surface area (Å²) in [5, 5.41) is 3.88. The second-order valence-corrected chi connectivity index (χ2v) is 7.72. The maximum absolute atomic E-state index is 12.3. The van der Waals surface area contributed by atoms with Gasteiger partial charge in [-0.1, -0.05) is 18.2 Å². The van der Waals surface area contributed by atoms with Crippen molar-refractivity contribution in [2.24, 2.45) is 5.10 Å². The number of ether oxygens (including phenoxy) is 3. The van der Waals surface area contributed by atoms with Crippen LogP contribution in [0.5, 0.6) is 17.2 Å². The maximum Gasteiger partial charge on any atom is 0.260 e. The van der Waals surface area contributed by atoms with Crippen molar-refractivity contribution in [1.29, 1.82) is 0 Å². The Labute approximate surface area is 169 Å². The molecule has 0 atom stereocenters. The van der Waals surface area contributed by atoms with Crippen molar-refractivity contribution in [3.05, 3.63) is 48.0 Å². The summed E-state index contributed by atoms with van der Waals surface area (Å²) in [6.45, 7) is -0.466. The first-order chi connectivity index (χ1) is 13.8. The van der Waals surface area contributed by atoms with Crippen LogP contribution in [0.25, 0.3) is 0 Å². The van der Waals surface area contributed by atoms with E-state index in [-0.39, 0.29) is 5.69 Å². The van der Waals surface area contributed by atoms with Crippen molar-refractivity contribution in [3.8, 4) is 17.2 Å². The molecule has 2 aromatic rings. The molecule has 0 heterocycles. The average Bonchev–Trinajstić information content (AvgIpc) is 2.70. The van der Waals surface area contributed by atoms with Crippen LogP contribution in [0.1, 0.15) is 5.56 Å². The van der Waals surface area contributed by atoms with E-state index >= 15 is 0 Å². The Bertz CT molecular complexity index is 991. The highest BCUT2D eigenvalue weighted by molar-refractivity contribution is 7.92. The Morgan fingerprint density at radius 2 is 1.69 bits per heavy atom. The molecule has 0 saturated carbocycles. The lowest BCUT2D eigenvalue weighted by Crippen LogP contribution is -2.39. The Balaban J connectivity index is 2.17. The number of benzene rings is 2. The smallest absolute Gasteiger partial charge is 0.260 e. The molecule has 0 aliphatic rings. The van der Waals surface area contributed by atoms with Crippen molar-refractivity contribution in [2.75, 3.05) is 38.4 Å². The van der Waals surface area contributed by atoms with Crippen molar-refractivity contribution in [3.63, 3.8) is 0 Å². The van der Waals surface area contributed by atoms with Gasteiger partial charge in [-0.25, -0.2) is 13.8 Å². The van der Waals surface area contributed by atoms with E-state index in [1.165, 1.54) is 27.5 Å². The summed E-state index contributed by atoms with van der Waals surface area (Å²) >= 11 is 0. The minimum atomic E-state index is -3.74. The average molecular weight is 421 g/mol. The molecule has 0 saturated heterocycles. The largest absolute Gasteiger partial charge is 0.495 e. The molecule has 2 rings (SSSR count). The maximum atomic E-state index is 12.3. The summed E-state index contributed by atoms with van der Waals surface area (Å²) in [7, 11) is 0.687. The minimum absolute atomic E-state index is 0.256. The second-order valence-electron chi connectivity index (χ2n) is 5.82. The number of nitrogens with zero attached hydrogens (tertiary/aromatic N) is 2. The van der Waals surface area contributed by atoms with Crippen LogP contribution in [0.15, 0.2) is 47.6 Å². The highest BCUT2D eigenvalue weighted by atomic mass is 32.2. The zero-order valence-corrected chi connectivity index (χ0v) is 17.4. The molecular formula is C19H23N3O6S. The summed E-state index contributed by atoms with van der Waals surface area (Å²) in [5.74, 6) is 0.678. The molecule has 2 aromatic carbocycles. The van der Waals surface area contributed by atoms with Gasteiger partial charge in [0.05, 0.1) is 39.5 Å². The Morgan fingerprint density at radius 3 is 2.31 bits per heavy atom. The molecule has 0 aromatic heterocycles. The number of amides is 1. The molecule has 0 radical (unpaired) electrons. The number of methoxy groups -OCH3 is 3. The van der Waals surface area contributed by atoms with E-state index in [9.17, 15) is 13.2 Å². The van der Waals surface area contributed by atoms with Crippen LogP contribution in [-0.4, -0.2) is 54.7 Å². The van der Waals surface area contributed by atoms with Crippen LogP contribution in [0.3, 0.4) is 0 Å². The van der Waals surface area contributed by atoms with E-state index in [1.54, 1.807) is 42.5 Å². The van der Waals surface area contributed by atoms with Crippen molar-refractivity contribution in [2.45, 2.75) is 0 Å². The monoisotopic (exact) mass is 421 g/mol. The lowest BCUT2D eigenvalue weighted by atomic mass is 10.2. The van der Waals surface area contributed by atoms with Gasteiger partial charge in [0.15, 0.2) is 11.5 Å². The molecule has 0 fully saturated rings. The number of carbonyl (C=O) groups excluding carboxylic acids is 1. The van der Waals surface area contributed by atoms with Gasteiger partial charge in [0, 0.05) is 5.56 Å². The molecule has 1 amide bonds. The van der Waals surface area contributed by atoms with E-state index in [4.69, 9.17) is 14.2 Å². The van der Waals surface area contributed by atoms with Crippen LogP contribution >= 0.6 is 0 Å². The van der Waals surface area contributed by atoms with E-state index in [1.807, 2.05) is 0 Å². The molecule has 0 spiro atoms. The Kier molecular flexibility index (Phi) is 7.43. The van der Waals surface area contributed by atoms with Gasteiger partial charge in [-0.05, 0) is 24.3 Å². The molecule has 0 aliphatic carbocycles. The first-order valence-corrected chi connectivity index (χ1v) is 10.3. The quantitative estimate of drug-likeness (QED) is 0.487. The predicted molar refractivity (Wildman–Crippen MR) is 110 cm³/mol. The van der Waals surface area contributed by atoms with Crippen LogP contribution in [0, 0.1) is 0 Å². The van der Waals surface area contributed by atoms with Gasteiger partial charge in [-0.3, -0.25) is 9.10 Å². The molecule has 0 aliphatic heterocycles. The van der Waals surface area contributed by atoms with Crippen LogP contribution in [-0.2, 0) is 14.8 Å². The standard InChI is InChI=1S/C19H23N3O6S/c1-26-16-10-6-5-9-15(16)22(29(4,24)25)13-18(23)21-20-12-14-8-7-11-17(27-2)19(14)28-3/h5-12H,13H2,1-4H3,(H,21,23)/b20-12-. The summed E-state index contributed by atoms with van der Waals surface area (Å²) in [5.41, 5.74) is 3.15. The van der Waals surface area contributed by atoms with Crippen molar-refractivity contribution >= 4 is 27.8 Å². The van der Waals surface area contributed by atoms with Gasteiger partial charge in [-0.15, -0.1) is 0 Å². The first kappa shape index (κ1) is 22.0. The minimum Gasteiger partial charge on any atom is -0.495 e. The van der Waals surface area contributed by atoms with Gasteiger partial charge >= 0.3 is 0 Å². The fourth-order valence-electron chi connectivity index (χ4n) is 2.57. The lowest BCUT2D eigenvalue weighted by molar-refractivity contribution is -0.119. The molecule has 9 nitrogen and oxygen atoms in total. The molecule has 0 bridgehead atoms. The van der Waals surface area contributed by atoms with Gasteiger partial charge in [-0.2, -0.15) is 5.10 Å². The Hall–Kier alpha value is -3.27. The van der Waals surface area contributed by atoms with E-state index in [0.29, 0.717) is 22.8 Å². The molecule has 10 heteroatoms. The van der Waals surface area contributed by atoms with E-state index in [2.05, 4.69) is 10.5 Å². The van der Waals surface area contributed by atoms with E-state index in [0.717, 1.165) is 10.6 Å². The number of anilines is 1. The first-order valence-electron chi connectivity index (χ1n) is 8.45. The number of hydrogen-bond acceptors (Lipinski definition) is 7. The van der Waals surface area contributed by atoms with Crippen LogP contribution < -0.4 is 23.9 Å². The fraction of sp³-hybridized carbons (Fsp3) is 0.263. The lowest BCUT2D eigenvalue weighted by Gasteiger charge is -2.23. The predicted octanol–water partition coefficient (Wildman–Crippen LogP) is 1.63. The van der Waals surface area contributed by atoms with Crippen LogP contribution in [0.4, 0.5) is 5.69 Å². The number of carbonyl (C=O) groups is 1. The second kappa shape index (κ2) is 9.78. The summed E-state index contributed by atoms with van der Waals surface area (Å²) in [4.78, 5) is 12.3. The van der Waals surface area contributed by atoms with Crippen molar-refractivity contribution in [1.82, 2.24) is 5.43 Å². The third-order valence-electron chi connectivity index (χ3n) is 3.87. The highest BCUT2D eigenvalue weighted by Gasteiger charge is 2.23. The number of nitrogens with one attached hydrogen (secondary N) is 1. The SMILES string of the molecule is COc1ccccc1N(CC(=O)N/N=C\c1cccc(OC)c1OC)S(C)(=O)=O. The zero-order valence-electron chi connectivity index (χ0n) is 16.6. The van der Waals surface area contributed by atoms with E-state index < -0.39 is 22.5 Å². The van der Waals surface area contributed by atoms with Gasteiger partial charge in [0.2, 0.25) is 10.0 Å². The van der Waals surface area contributed by atoms with Gasteiger partial charge in [0.25, 0.3) is 5.91 Å². The number of sulfonamides is 1. The third kappa shape index (κ3) is 5.61. The van der Waals surface area contributed by atoms with Crippen molar-refractivity contribution < 1.29 is 27.4 Å². The van der Waals surface area contributed by atoms with Gasteiger partial charge in [0.1, 0.15) is 12.3 Å². The summed E-state index contributed by atoms with van der Waals surface area (Å²) < 4.78 is 41.0. The topological polar surface area (TPSA) is 107 Å². The number of rotatable bonds is 9. The number of para-hydroxylation sites is 3. The molecule has 156 valence electrons.